The monoisotopic (exact) mass is 1010 g/mol. The minimum absolute atomic E-state index is 0.0193. The molecule has 16 heteroatoms. The Balaban J connectivity index is -0.000000872. The number of ether oxygens (including phenoxy) is 4. The SMILES string of the molecule is CC(C)C(=O)CCOCCC(=O)C(C)C.CC(C)CCCNC(=O)CCOCCC(=O)C(C)C.CC(C)CCNC(=O)CCOCCC(=O)C(C)C.CC(C)Cc1cn(CCOCCC(=O)C(C)C)nn1. The van der Waals surface area contributed by atoms with Crippen molar-refractivity contribution in [3.63, 3.8) is 0 Å². The van der Waals surface area contributed by atoms with Crippen LogP contribution in [0, 0.1) is 47.3 Å². The Kier molecular flexibility index (Phi) is 46.4. The molecule has 0 fully saturated rings. The molecular formula is C55H103N5O11. The van der Waals surface area contributed by atoms with Crippen molar-refractivity contribution in [1.29, 1.82) is 0 Å². The largest absolute Gasteiger partial charge is 0.381 e. The third kappa shape index (κ3) is 49.6. The first-order valence-electron chi connectivity index (χ1n) is 26.7. The molecule has 0 spiro atoms. The van der Waals surface area contributed by atoms with E-state index in [1.54, 1.807) is 4.68 Å². The van der Waals surface area contributed by atoms with E-state index in [4.69, 9.17) is 18.9 Å². The fraction of sp³-hybridized carbons (Fsp3) is 0.836. The van der Waals surface area contributed by atoms with E-state index in [0.717, 1.165) is 44.5 Å². The van der Waals surface area contributed by atoms with Crippen LogP contribution < -0.4 is 10.6 Å². The van der Waals surface area contributed by atoms with Crippen molar-refractivity contribution in [1.82, 2.24) is 25.6 Å². The molecule has 71 heavy (non-hydrogen) atoms. The lowest BCUT2D eigenvalue weighted by Crippen LogP contribution is -2.26. The number of hydrogen-bond acceptors (Lipinski definition) is 13. The van der Waals surface area contributed by atoms with Crippen LogP contribution in [0.1, 0.15) is 181 Å². The summed E-state index contributed by atoms with van der Waals surface area (Å²) in [5, 5.41) is 13.9. The summed E-state index contributed by atoms with van der Waals surface area (Å²) in [4.78, 5) is 79.2. The lowest BCUT2D eigenvalue weighted by atomic mass is 10.1. The average Bonchev–Trinajstić information content (AvgIpc) is 3.73. The number of nitrogens with one attached hydrogen (secondary N) is 2. The second kappa shape index (κ2) is 46.1. The van der Waals surface area contributed by atoms with Gasteiger partial charge in [0.05, 0.1) is 65.1 Å². The summed E-state index contributed by atoms with van der Waals surface area (Å²) in [6, 6.07) is 0. The predicted molar refractivity (Wildman–Crippen MR) is 283 cm³/mol. The summed E-state index contributed by atoms with van der Waals surface area (Å²) in [6.07, 6.45) is 9.07. The Morgan fingerprint density at radius 1 is 0.437 bits per heavy atom. The zero-order chi connectivity index (χ0) is 54.7. The van der Waals surface area contributed by atoms with Gasteiger partial charge in [-0.05, 0) is 43.4 Å². The molecule has 414 valence electrons. The van der Waals surface area contributed by atoms with E-state index < -0.39 is 0 Å². The summed E-state index contributed by atoms with van der Waals surface area (Å²) in [5.41, 5.74) is 1.02. The highest BCUT2D eigenvalue weighted by Gasteiger charge is 2.11. The third-order valence-corrected chi connectivity index (χ3v) is 10.6. The van der Waals surface area contributed by atoms with Crippen molar-refractivity contribution >= 4 is 40.7 Å². The van der Waals surface area contributed by atoms with Gasteiger partial charge in [0.25, 0.3) is 0 Å². The van der Waals surface area contributed by atoms with Crippen molar-refractivity contribution in [2.45, 2.75) is 188 Å². The molecule has 0 saturated heterocycles. The van der Waals surface area contributed by atoms with Gasteiger partial charge in [-0.15, -0.1) is 5.10 Å². The minimum Gasteiger partial charge on any atom is -0.381 e. The molecule has 1 aromatic rings. The maximum Gasteiger partial charge on any atom is 0.222 e. The molecule has 16 nitrogen and oxygen atoms in total. The first-order chi connectivity index (χ1) is 33.3. The molecule has 1 rings (SSSR count). The fourth-order valence-electron chi connectivity index (χ4n) is 5.58. The molecule has 2 amide bonds. The topological polar surface area (TPSA) is 211 Å². The molecule has 0 saturated carbocycles. The zero-order valence-corrected chi connectivity index (χ0v) is 47.6. The van der Waals surface area contributed by atoms with Crippen LogP contribution in [0.2, 0.25) is 0 Å². The van der Waals surface area contributed by atoms with Gasteiger partial charge in [0.15, 0.2) is 0 Å². The van der Waals surface area contributed by atoms with E-state index in [1.807, 2.05) is 75.4 Å². The minimum atomic E-state index is 0.0193. The van der Waals surface area contributed by atoms with Crippen LogP contribution in [0.25, 0.3) is 0 Å². The van der Waals surface area contributed by atoms with Gasteiger partial charge in [0, 0.05) is 93.8 Å². The lowest BCUT2D eigenvalue weighted by molar-refractivity contribution is -0.125. The third-order valence-electron chi connectivity index (χ3n) is 10.6. The summed E-state index contributed by atoms with van der Waals surface area (Å²) in [5.74, 6) is 3.37. The quantitative estimate of drug-likeness (QED) is 0.0593. The van der Waals surface area contributed by atoms with Crippen LogP contribution in [-0.4, -0.2) is 122 Å². The van der Waals surface area contributed by atoms with Crippen LogP contribution in [0.15, 0.2) is 6.20 Å². The van der Waals surface area contributed by atoms with Gasteiger partial charge in [-0.2, -0.15) is 0 Å². The van der Waals surface area contributed by atoms with Crippen LogP contribution in [0.3, 0.4) is 0 Å². The molecule has 0 aliphatic rings. The predicted octanol–water partition coefficient (Wildman–Crippen LogP) is 9.07. The number of carbonyl (C=O) groups excluding carboxylic acids is 7. The Morgan fingerprint density at radius 3 is 1.08 bits per heavy atom. The number of amides is 2. The molecule has 1 aromatic heterocycles. The summed E-state index contributed by atoms with van der Waals surface area (Å²) >= 11 is 0. The Hall–Kier alpha value is -3.73. The molecule has 0 bridgehead atoms. The zero-order valence-electron chi connectivity index (χ0n) is 47.6. The second-order valence-corrected chi connectivity index (χ2v) is 20.8. The first-order valence-corrected chi connectivity index (χ1v) is 26.7. The van der Waals surface area contributed by atoms with E-state index in [-0.39, 0.29) is 70.3 Å². The van der Waals surface area contributed by atoms with E-state index in [2.05, 4.69) is 62.5 Å². The molecule has 1 heterocycles. The highest BCUT2D eigenvalue weighted by Crippen LogP contribution is 2.06. The molecular weight excluding hydrogens is 907 g/mol. The summed E-state index contributed by atoms with van der Waals surface area (Å²) in [7, 11) is 0. The van der Waals surface area contributed by atoms with Crippen molar-refractivity contribution < 1.29 is 52.5 Å². The molecule has 0 unspecified atom stereocenters. The van der Waals surface area contributed by atoms with Gasteiger partial charge in [-0.25, -0.2) is 4.68 Å². The molecule has 0 aliphatic heterocycles. The maximum absolute atomic E-state index is 11.4. The van der Waals surface area contributed by atoms with Gasteiger partial charge < -0.3 is 29.6 Å². The van der Waals surface area contributed by atoms with Crippen LogP contribution in [0.4, 0.5) is 0 Å². The smallest absolute Gasteiger partial charge is 0.222 e. The van der Waals surface area contributed by atoms with Gasteiger partial charge in [-0.3, -0.25) is 33.6 Å². The number of ketones is 5. The average molecular weight is 1010 g/mol. The number of rotatable bonds is 38. The molecule has 0 aromatic carbocycles. The standard InChI is InChI=1S/C15H29NO3.C14H25N3O2.C14H27NO3.C12H22O3/c1-12(2)6-5-9-16-15(18)8-11-19-10-7-14(17)13(3)4;1-11(2)9-13-10-17(16-15-13)6-8-19-7-5-14(18)12(3)4;1-11(2)5-8-15-14(17)7-10-18-9-6-13(16)12(3)4;1-9(2)11(13)5-7-15-8-6-12(14)10(3)4/h12-13H,5-11H2,1-4H3,(H,16,18);10-12H,5-9H2,1-4H3;11-12H,5-10H2,1-4H3,(H,15,17);9-10H,5-8H2,1-4H3. The van der Waals surface area contributed by atoms with E-state index in [0.29, 0.717) is 122 Å². The molecule has 0 radical (unpaired) electrons. The van der Waals surface area contributed by atoms with E-state index in [1.165, 1.54) is 0 Å². The highest BCUT2D eigenvalue weighted by atomic mass is 16.5. The fourth-order valence-corrected chi connectivity index (χ4v) is 5.58. The van der Waals surface area contributed by atoms with Crippen LogP contribution in [0.5, 0.6) is 0 Å². The molecule has 0 atom stereocenters. The number of Topliss-reactive ketones (excluding diaryl/α,β-unsaturated/α-hetero) is 5. The van der Waals surface area contributed by atoms with Gasteiger partial charge in [-0.1, -0.05) is 116 Å². The van der Waals surface area contributed by atoms with Crippen molar-refractivity contribution in [2.75, 3.05) is 65.9 Å². The molecule has 0 aliphatic carbocycles. The Bertz CT molecular complexity index is 1530. The number of hydrogen-bond donors (Lipinski definition) is 2. The Labute approximate surface area is 430 Å². The van der Waals surface area contributed by atoms with E-state index >= 15 is 0 Å². The van der Waals surface area contributed by atoms with Gasteiger partial charge in [0.1, 0.15) is 28.9 Å². The van der Waals surface area contributed by atoms with Crippen LogP contribution in [-0.2, 0) is 65.5 Å². The van der Waals surface area contributed by atoms with Gasteiger partial charge in [0.2, 0.25) is 11.8 Å². The second-order valence-electron chi connectivity index (χ2n) is 20.8. The molecule has 2 N–H and O–H groups in total. The van der Waals surface area contributed by atoms with E-state index in [9.17, 15) is 33.6 Å². The number of aromatic nitrogens is 3. The van der Waals surface area contributed by atoms with Crippen LogP contribution >= 0.6 is 0 Å². The summed E-state index contributed by atoms with van der Waals surface area (Å²) in [6.45, 7) is 37.5. The van der Waals surface area contributed by atoms with Crippen molar-refractivity contribution in [3.05, 3.63) is 11.9 Å². The maximum atomic E-state index is 11.4. The van der Waals surface area contributed by atoms with Crippen molar-refractivity contribution in [3.8, 4) is 0 Å². The normalized spacial score (nSPS) is 11.2. The number of carbonyl (C=O) groups is 7. The highest BCUT2D eigenvalue weighted by molar-refractivity contribution is 5.82. The Morgan fingerprint density at radius 2 is 0.761 bits per heavy atom. The lowest BCUT2D eigenvalue weighted by Gasteiger charge is -2.08. The van der Waals surface area contributed by atoms with Gasteiger partial charge >= 0.3 is 0 Å². The first kappa shape index (κ1) is 71.5. The van der Waals surface area contributed by atoms with Crippen molar-refractivity contribution in [2.24, 2.45) is 47.3 Å². The summed E-state index contributed by atoms with van der Waals surface area (Å²) < 4.78 is 23.0. The number of nitrogens with zero attached hydrogens (tertiary/aromatic N) is 3.